The molecule has 0 atom stereocenters. The van der Waals surface area contributed by atoms with Gasteiger partial charge in [0, 0.05) is 17.3 Å². The molecular weight excluding hydrogens is 307 g/mol. The fraction of sp³-hybridized carbons (Fsp3) is 0.158. The van der Waals surface area contributed by atoms with Crippen molar-refractivity contribution in [1.29, 1.82) is 0 Å². The van der Waals surface area contributed by atoms with E-state index >= 15 is 0 Å². The Morgan fingerprint density at radius 1 is 1.25 bits per heavy atom. The van der Waals surface area contributed by atoms with Crippen LogP contribution in [0.1, 0.15) is 35.9 Å². The first-order valence-electron chi connectivity index (χ1n) is 7.65. The number of hydrogen-bond acceptors (Lipinski definition) is 3. The molecule has 0 aliphatic heterocycles. The summed E-state index contributed by atoms with van der Waals surface area (Å²) >= 11 is 0. The maximum Gasteiger partial charge on any atom is 0.291 e. The number of amides is 1. The molecule has 0 bridgehead atoms. The Labute approximate surface area is 139 Å². The van der Waals surface area contributed by atoms with Gasteiger partial charge in [-0.3, -0.25) is 9.78 Å². The molecule has 1 amide bonds. The maximum absolute atomic E-state index is 13.5. The number of furan rings is 1. The normalized spacial score (nSPS) is 10.8. The molecule has 24 heavy (non-hydrogen) atoms. The van der Waals surface area contributed by atoms with Gasteiger partial charge in [-0.15, -0.1) is 0 Å². The zero-order chi connectivity index (χ0) is 17.1. The second-order valence-corrected chi connectivity index (χ2v) is 5.75. The van der Waals surface area contributed by atoms with Crippen LogP contribution in [0.3, 0.4) is 0 Å². The van der Waals surface area contributed by atoms with Gasteiger partial charge in [-0.2, -0.15) is 0 Å². The number of nitrogens with one attached hydrogen (secondary N) is 1. The molecule has 5 heteroatoms. The molecule has 1 N–H and O–H groups in total. The molecule has 2 aromatic heterocycles. The van der Waals surface area contributed by atoms with E-state index in [-0.39, 0.29) is 23.4 Å². The lowest BCUT2D eigenvalue weighted by Gasteiger charge is -2.11. The summed E-state index contributed by atoms with van der Waals surface area (Å²) in [5.41, 5.74) is 2.69. The zero-order valence-corrected chi connectivity index (χ0v) is 13.4. The summed E-state index contributed by atoms with van der Waals surface area (Å²) < 4.78 is 18.8. The van der Waals surface area contributed by atoms with Crippen LogP contribution in [-0.2, 0) is 0 Å². The average Bonchev–Trinajstić information content (AvgIpc) is 3.05. The Hall–Kier alpha value is -2.95. The molecule has 0 saturated heterocycles. The molecular formula is C19H17FN2O2. The SMILES string of the molecule is CC(C)c1ccoc1C(=O)Nc1cnccc1-c1cccc(F)c1. The van der Waals surface area contributed by atoms with Crippen LogP contribution in [0.5, 0.6) is 0 Å². The molecule has 122 valence electrons. The third-order valence-corrected chi connectivity index (χ3v) is 3.73. The minimum absolute atomic E-state index is 0.168. The van der Waals surface area contributed by atoms with Gasteiger partial charge in [-0.1, -0.05) is 26.0 Å². The third kappa shape index (κ3) is 3.20. The number of carbonyl (C=O) groups excluding carboxylic acids is 1. The van der Waals surface area contributed by atoms with Crippen molar-refractivity contribution >= 4 is 11.6 Å². The predicted molar refractivity (Wildman–Crippen MR) is 90.4 cm³/mol. The highest BCUT2D eigenvalue weighted by molar-refractivity contribution is 6.05. The number of anilines is 1. The Morgan fingerprint density at radius 2 is 2.08 bits per heavy atom. The summed E-state index contributed by atoms with van der Waals surface area (Å²) in [4.78, 5) is 16.6. The second-order valence-electron chi connectivity index (χ2n) is 5.75. The van der Waals surface area contributed by atoms with Crippen LogP contribution in [0.2, 0.25) is 0 Å². The summed E-state index contributed by atoms with van der Waals surface area (Å²) in [6.45, 7) is 3.98. The molecule has 0 fully saturated rings. The van der Waals surface area contributed by atoms with Crippen molar-refractivity contribution in [2.75, 3.05) is 5.32 Å². The number of pyridine rings is 1. The molecule has 0 spiro atoms. The highest BCUT2D eigenvalue weighted by Gasteiger charge is 2.19. The molecule has 1 aromatic carbocycles. The van der Waals surface area contributed by atoms with Crippen LogP contribution in [0.25, 0.3) is 11.1 Å². The van der Waals surface area contributed by atoms with Gasteiger partial charge in [0.05, 0.1) is 18.1 Å². The standard InChI is InChI=1S/C19H17FN2O2/c1-12(2)15-7-9-24-18(15)19(23)22-17-11-21-8-6-16(17)13-4-3-5-14(20)10-13/h3-12H,1-2H3,(H,22,23). The van der Waals surface area contributed by atoms with E-state index in [1.54, 1.807) is 30.5 Å². The highest BCUT2D eigenvalue weighted by Crippen LogP contribution is 2.29. The largest absolute Gasteiger partial charge is 0.459 e. The van der Waals surface area contributed by atoms with Gasteiger partial charge in [0.1, 0.15) is 5.82 Å². The van der Waals surface area contributed by atoms with Crippen LogP contribution in [0, 0.1) is 5.82 Å². The number of halogens is 1. The summed E-state index contributed by atoms with van der Waals surface area (Å²) in [5, 5.41) is 2.81. The van der Waals surface area contributed by atoms with E-state index in [0.29, 0.717) is 16.8 Å². The molecule has 0 aliphatic carbocycles. The van der Waals surface area contributed by atoms with E-state index < -0.39 is 0 Å². The molecule has 0 aliphatic rings. The van der Waals surface area contributed by atoms with Crippen molar-refractivity contribution in [3.63, 3.8) is 0 Å². The average molecular weight is 324 g/mol. The first kappa shape index (κ1) is 15.9. The van der Waals surface area contributed by atoms with E-state index in [1.807, 2.05) is 13.8 Å². The van der Waals surface area contributed by atoms with Gasteiger partial charge in [-0.25, -0.2) is 4.39 Å². The van der Waals surface area contributed by atoms with Crippen LogP contribution < -0.4 is 5.32 Å². The lowest BCUT2D eigenvalue weighted by atomic mass is 10.0. The first-order chi connectivity index (χ1) is 11.6. The smallest absolute Gasteiger partial charge is 0.291 e. The molecule has 3 aromatic rings. The van der Waals surface area contributed by atoms with Gasteiger partial charge in [0.15, 0.2) is 5.76 Å². The fourth-order valence-electron chi connectivity index (χ4n) is 2.54. The monoisotopic (exact) mass is 324 g/mol. The van der Waals surface area contributed by atoms with Gasteiger partial charge >= 0.3 is 0 Å². The molecule has 2 heterocycles. The van der Waals surface area contributed by atoms with Gasteiger partial charge in [0.25, 0.3) is 5.91 Å². The van der Waals surface area contributed by atoms with Crippen molar-refractivity contribution < 1.29 is 13.6 Å². The van der Waals surface area contributed by atoms with Gasteiger partial charge in [-0.05, 0) is 35.7 Å². The number of rotatable bonds is 4. The minimum atomic E-state index is -0.352. The predicted octanol–water partition coefficient (Wildman–Crippen LogP) is 4.86. The van der Waals surface area contributed by atoms with Crippen LogP contribution >= 0.6 is 0 Å². The highest BCUT2D eigenvalue weighted by atomic mass is 19.1. The van der Waals surface area contributed by atoms with E-state index in [1.165, 1.54) is 24.6 Å². The molecule has 0 saturated carbocycles. The molecule has 3 rings (SSSR count). The lowest BCUT2D eigenvalue weighted by Crippen LogP contribution is -2.14. The van der Waals surface area contributed by atoms with Crippen LogP contribution in [0.4, 0.5) is 10.1 Å². The second kappa shape index (κ2) is 6.66. The zero-order valence-electron chi connectivity index (χ0n) is 13.4. The third-order valence-electron chi connectivity index (χ3n) is 3.73. The minimum Gasteiger partial charge on any atom is -0.459 e. The summed E-state index contributed by atoms with van der Waals surface area (Å²) in [5.74, 6) is -0.246. The number of nitrogens with zero attached hydrogens (tertiary/aromatic N) is 1. The number of carbonyl (C=O) groups is 1. The lowest BCUT2D eigenvalue weighted by molar-refractivity contribution is 0.0995. The Bertz CT molecular complexity index is 871. The van der Waals surface area contributed by atoms with E-state index in [2.05, 4.69) is 10.3 Å². The Morgan fingerprint density at radius 3 is 2.83 bits per heavy atom. The van der Waals surface area contributed by atoms with Gasteiger partial charge in [0.2, 0.25) is 0 Å². The Kier molecular flexibility index (Phi) is 4.42. The van der Waals surface area contributed by atoms with Crippen molar-refractivity contribution in [3.05, 3.63) is 72.2 Å². The van der Waals surface area contributed by atoms with Crippen molar-refractivity contribution in [1.82, 2.24) is 4.98 Å². The number of benzene rings is 1. The number of hydrogen-bond donors (Lipinski definition) is 1. The summed E-state index contributed by atoms with van der Waals surface area (Å²) in [7, 11) is 0. The first-order valence-corrected chi connectivity index (χ1v) is 7.65. The van der Waals surface area contributed by atoms with E-state index in [4.69, 9.17) is 4.42 Å². The fourth-order valence-corrected chi connectivity index (χ4v) is 2.54. The quantitative estimate of drug-likeness (QED) is 0.746. The maximum atomic E-state index is 13.5. The molecule has 0 radical (unpaired) electrons. The number of aromatic nitrogens is 1. The summed E-state index contributed by atoms with van der Waals surface area (Å²) in [6.07, 6.45) is 4.64. The van der Waals surface area contributed by atoms with Crippen molar-refractivity contribution in [2.24, 2.45) is 0 Å². The van der Waals surface area contributed by atoms with E-state index in [9.17, 15) is 9.18 Å². The van der Waals surface area contributed by atoms with E-state index in [0.717, 1.165) is 5.56 Å². The van der Waals surface area contributed by atoms with Crippen molar-refractivity contribution in [3.8, 4) is 11.1 Å². The van der Waals surface area contributed by atoms with Crippen LogP contribution in [0.15, 0.2) is 59.5 Å². The Balaban J connectivity index is 1.94. The molecule has 0 unspecified atom stereocenters. The topological polar surface area (TPSA) is 55.1 Å². The van der Waals surface area contributed by atoms with Crippen LogP contribution in [-0.4, -0.2) is 10.9 Å². The van der Waals surface area contributed by atoms with Crippen molar-refractivity contribution in [2.45, 2.75) is 19.8 Å². The molecule has 4 nitrogen and oxygen atoms in total. The van der Waals surface area contributed by atoms with Gasteiger partial charge < -0.3 is 9.73 Å². The summed E-state index contributed by atoms with van der Waals surface area (Å²) in [6, 6.07) is 9.71.